The Morgan fingerprint density at radius 2 is 1.29 bits per heavy atom. The van der Waals surface area contributed by atoms with Crippen LogP contribution in [0.1, 0.15) is 12.8 Å². The lowest BCUT2D eigenvalue weighted by atomic mass is 10.3. The Morgan fingerprint density at radius 1 is 0.857 bits per heavy atom. The Balaban J connectivity index is 4.28. The zero-order chi connectivity index (χ0) is 11.4. The van der Waals surface area contributed by atoms with Gasteiger partial charge in [-0.25, -0.2) is 0 Å². The molecule has 0 saturated heterocycles. The molecule has 0 radical (unpaired) electrons. The Labute approximate surface area is 92.0 Å². The molecule has 0 spiro atoms. The molecule has 0 unspecified atom stereocenters. The minimum atomic E-state index is -1.12. The van der Waals surface area contributed by atoms with E-state index in [-0.39, 0.29) is 0 Å². The van der Waals surface area contributed by atoms with Crippen molar-refractivity contribution in [3.8, 4) is 0 Å². The van der Waals surface area contributed by atoms with E-state index in [9.17, 15) is 0 Å². The molecule has 2 N–H and O–H groups in total. The summed E-state index contributed by atoms with van der Waals surface area (Å²) in [5.74, 6) is 0. The first-order chi connectivity index (χ1) is 6.19. The molecule has 0 atom stereocenters. The van der Waals surface area contributed by atoms with Crippen LogP contribution >= 0.6 is 0 Å². The van der Waals surface area contributed by atoms with Crippen LogP contribution in [0.5, 0.6) is 0 Å². The monoisotopic (exact) mass is 232 g/mol. The van der Waals surface area contributed by atoms with Crippen molar-refractivity contribution in [2.24, 2.45) is 5.73 Å². The lowest BCUT2D eigenvalue weighted by Crippen LogP contribution is -2.59. The first-order valence-corrected chi connectivity index (χ1v) is 12.6. The minimum absolute atomic E-state index is 0.839. The summed E-state index contributed by atoms with van der Waals surface area (Å²) in [6, 6.07) is 0. The van der Waals surface area contributed by atoms with Crippen LogP contribution in [0.4, 0.5) is 0 Å². The van der Waals surface area contributed by atoms with E-state index in [4.69, 9.17) is 5.73 Å². The van der Waals surface area contributed by atoms with Crippen molar-refractivity contribution < 1.29 is 0 Å². The molecule has 0 rings (SSSR count). The molecule has 0 aromatic carbocycles. The van der Waals surface area contributed by atoms with E-state index in [1.807, 2.05) is 0 Å². The maximum Gasteiger partial charge on any atom is 0.112 e. The van der Waals surface area contributed by atoms with Crippen LogP contribution in [0.15, 0.2) is 0 Å². The van der Waals surface area contributed by atoms with E-state index in [1.165, 1.54) is 19.4 Å². The largest absolute Gasteiger partial charge is 0.346 e. The molecule has 0 saturated carbocycles. The predicted molar refractivity (Wildman–Crippen MR) is 71.7 cm³/mol. The van der Waals surface area contributed by atoms with Crippen LogP contribution in [0, 0.1) is 0 Å². The fraction of sp³-hybridized carbons (Fsp3) is 1.00. The summed E-state index contributed by atoms with van der Waals surface area (Å²) in [5, 5.41) is 0. The van der Waals surface area contributed by atoms with E-state index in [1.54, 1.807) is 0 Å². The second-order valence-electron chi connectivity index (χ2n) is 5.99. The van der Waals surface area contributed by atoms with E-state index in [0.717, 1.165) is 6.54 Å². The van der Waals surface area contributed by atoms with Crippen molar-refractivity contribution >= 4 is 16.5 Å². The van der Waals surface area contributed by atoms with Crippen molar-refractivity contribution in [2.75, 3.05) is 13.1 Å². The van der Waals surface area contributed by atoms with Crippen molar-refractivity contribution in [3.05, 3.63) is 0 Å². The van der Waals surface area contributed by atoms with Crippen molar-refractivity contribution in [2.45, 2.75) is 52.1 Å². The van der Waals surface area contributed by atoms with Gasteiger partial charge in [0.05, 0.1) is 0 Å². The summed E-state index contributed by atoms with van der Waals surface area (Å²) in [6.07, 6.45) is 2.44. The predicted octanol–water partition coefficient (Wildman–Crippen LogP) is 2.70. The molecular formula is C10H28N2Si2. The zero-order valence-electron chi connectivity index (χ0n) is 10.9. The maximum atomic E-state index is 5.54. The number of hydrogen-bond donors (Lipinski definition) is 1. The fourth-order valence-corrected chi connectivity index (χ4v) is 11.8. The Morgan fingerprint density at radius 3 is 1.57 bits per heavy atom. The van der Waals surface area contributed by atoms with Gasteiger partial charge in [0.1, 0.15) is 16.5 Å². The van der Waals surface area contributed by atoms with Gasteiger partial charge in [0.15, 0.2) is 0 Å². The van der Waals surface area contributed by atoms with Gasteiger partial charge in [0.2, 0.25) is 0 Å². The van der Waals surface area contributed by atoms with Crippen LogP contribution in [0.3, 0.4) is 0 Å². The quantitative estimate of drug-likeness (QED) is 0.564. The van der Waals surface area contributed by atoms with Crippen molar-refractivity contribution in [3.63, 3.8) is 0 Å². The summed E-state index contributed by atoms with van der Waals surface area (Å²) in [4.78, 5) is 0. The van der Waals surface area contributed by atoms with Crippen LogP contribution in [0.2, 0.25) is 39.3 Å². The molecule has 0 bridgehead atoms. The molecule has 0 aliphatic rings. The van der Waals surface area contributed by atoms with Crippen LogP contribution in [-0.4, -0.2) is 33.8 Å². The first-order valence-electron chi connectivity index (χ1n) is 5.67. The number of nitrogens with two attached hydrogens (primary N) is 1. The van der Waals surface area contributed by atoms with Gasteiger partial charge in [-0.05, 0) is 25.9 Å². The second-order valence-corrected chi connectivity index (χ2v) is 16.2. The van der Waals surface area contributed by atoms with Crippen LogP contribution in [0.25, 0.3) is 0 Å². The van der Waals surface area contributed by atoms with E-state index < -0.39 is 16.5 Å². The van der Waals surface area contributed by atoms with E-state index in [0.29, 0.717) is 0 Å². The van der Waals surface area contributed by atoms with Crippen LogP contribution < -0.4 is 5.73 Å². The minimum Gasteiger partial charge on any atom is -0.346 e. The number of nitrogens with zero attached hydrogens (tertiary/aromatic N) is 1. The highest BCUT2D eigenvalue weighted by Crippen LogP contribution is 2.19. The van der Waals surface area contributed by atoms with Crippen molar-refractivity contribution in [1.29, 1.82) is 0 Å². The summed E-state index contributed by atoms with van der Waals surface area (Å²) >= 11 is 0. The standard InChI is InChI=1S/C10H28N2Si2/c1-13(2,3)12(14(4,5)6)10-8-7-9-11/h7-11H2,1-6H3. The SMILES string of the molecule is C[Si](C)(C)N(CCCCN)[Si](C)(C)C. The Kier molecular flexibility index (Phi) is 5.58. The number of unbranched alkanes of at least 4 members (excludes halogenated alkanes) is 1. The molecule has 14 heavy (non-hydrogen) atoms. The Bertz CT molecular complexity index is 144. The van der Waals surface area contributed by atoms with Gasteiger partial charge in [0.25, 0.3) is 0 Å². The molecule has 86 valence electrons. The van der Waals surface area contributed by atoms with Gasteiger partial charge in [0, 0.05) is 0 Å². The highest BCUT2D eigenvalue weighted by Gasteiger charge is 2.33. The third kappa shape index (κ3) is 5.29. The third-order valence-corrected chi connectivity index (χ3v) is 10.2. The molecule has 0 fully saturated rings. The molecule has 4 heteroatoms. The normalized spacial score (nSPS) is 13.7. The lowest BCUT2D eigenvalue weighted by Gasteiger charge is -2.43. The van der Waals surface area contributed by atoms with Gasteiger partial charge >= 0.3 is 0 Å². The molecule has 0 heterocycles. The average Bonchev–Trinajstić information content (AvgIpc) is 1.92. The number of rotatable bonds is 6. The van der Waals surface area contributed by atoms with Gasteiger partial charge in [-0.3, -0.25) is 0 Å². The fourth-order valence-electron chi connectivity index (χ4n) is 2.09. The zero-order valence-corrected chi connectivity index (χ0v) is 12.9. The van der Waals surface area contributed by atoms with Gasteiger partial charge in [-0.1, -0.05) is 39.3 Å². The molecular weight excluding hydrogens is 204 g/mol. The average molecular weight is 233 g/mol. The number of hydrogen-bond acceptors (Lipinski definition) is 2. The van der Waals surface area contributed by atoms with Gasteiger partial charge in [-0.2, -0.15) is 0 Å². The molecule has 0 aliphatic carbocycles. The third-order valence-electron chi connectivity index (χ3n) is 2.46. The smallest absolute Gasteiger partial charge is 0.112 e. The van der Waals surface area contributed by atoms with Crippen molar-refractivity contribution in [1.82, 2.24) is 4.23 Å². The summed E-state index contributed by atoms with van der Waals surface area (Å²) in [7, 11) is -2.24. The summed E-state index contributed by atoms with van der Waals surface area (Å²) in [6.45, 7) is 16.8. The molecule has 0 aromatic rings. The van der Waals surface area contributed by atoms with Crippen LogP contribution in [-0.2, 0) is 0 Å². The molecule has 0 amide bonds. The Hall–Kier alpha value is 0.354. The maximum absolute atomic E-state index is 5.54. The van der Waals surface area contributed by atoms with E-state index in [2.05, 4.69) is 43.5 Å². The van der Waals surface area contributed by atoms with E-state index >= 15 is 0 Å². The molecule has 2 nitrogen and oxygen atoms in total. The summed E-state index contributed by atoms with van der Waals surface area (Å²) in [5.41, 5.74) is 5.54. The highest BCUT2D eigenvalue weighted by molar-refractivity contribution is 6.89. The molecule has 0 aliphatic heterocycles. The first kappa shape index (κ1) is 14.4. The lowest BCUT2D eigenvalue weighted by molar-refractivity contribution is 0.565. The second kappa shape index (κ2) is 5.44. The van der Waals surface area contributed by atoms with Gasteiger partial charge in [-0.15, -0.1) is 0 Å². The highest BCUT2D eigenvalue weighted by atomic mass is 28.4. The summed E-state index contributed by atoms with van der Waals surface area (Å²) < 4.78 is 2.83. The topological polar surface area (TPSA) is 29.3 Å². The van der Waals surface area contributed by atoms with Gasteiger partial charge < -0.3 is 9.96 Å². The molecule has 0 aromatic heterocycles.